The van der Waals surface area contributed by atoms with E-state index in [1.165, 1.54) is 6.07 Å². The van der Waals surface area contributed by atoms with Crippen molar-refractivity contribution in [2.24, 2.45) is 0 Å². The molecule has 0 aliphatic heterocycles. The molecule has 0 fully saturated rings. The lowest BCUT2D eigenvalue weighted by Gasteiger charge is -2.14. The number of halogens is 1. The molecule has 0 saturated carbocycles. The van der Waals surface area contributed by atoms with Gasteiger partial charge in [-0.05, 0) is 53.5 Å². The number of aryl methyl sites for hydroxylation is 1. The number of hydrogen-bond acceptors (Lipinski definition) is 5. The van der Waals surface area contributed by atoms with Gasteiger partial charge in [0.05, 0.1) is 23.5 Å². The van der Waals surface area contributed by atoms with Crippen LogP contribution in [0.15, 0.2) is 63.9 Å². The number of para-hydroxylation sites is 1. The van der Waals surface area contributed by atoms with Gasteiger partial charge in [0.15, 0.2) is 5.69 Å². The van der Waals surface area contributed by atoms with Crippen LogP contribution in [0.4, 0.5) is 5.69 Å². The van der Waals surface area contributed by atoms with E-state index in [9.17, 15) is 14.4 Å². The molecule has 3 aromatic rings. The summed E-state index contributed by atoms with van der Waals surface area (Å²) in [6.07, 6.45) is 0. The average molecular weight is 456 g/mol. The summed E-state index contributed by atoms with van der Waals surface area (Å²) in [5.74, 6) is -1.23. The van der Waals surface area contributed by atoms with Crippen molar-refractivity contribution in [3.8, 4) is 5.69 Å². The van der Waals surface area contributed by atoms with Crippen LogP contribution >= 0.6 is 15.9 Å². The number of benzene rings is 2. The molecule has 0 atom stereocenters. The van der Waals surface area contributed by atoms with E-state index in [4.69, 9.17) is 4.74 Å². The maximum absolute atomic E-state index is 12.7. The van der Waals surface area contributed by atoms with Gasteiger partial charge in [-0.2, -0.15) is 9.78 Å². The molecule has 1 heterocycles. The largest absolute Gasteiger partial charge is 0.461 e. The Morgan fingerprint density at radius 3 is 2.52 bits per heavy atom. The van der Waals surface area contributed by atoms with Gasteiger partial charge < -0.3 is 10.1 Å². The standard InChI is InChI=1S/C21H18BrN3O4/c1-3-29-21(28)19-16(23-20(27)14-9-5-6-10-15(14)22)12-18(26)25(24-19)17-11-7-4-8-13(17)2/h4-12H,3H2,1-2H3,(H,23,27). The molecule has 0 aliphatic rings. The quantitative estimate of drug-likeness (QED) is 0.591. The molecule has 2 aromatic carbocycles. The number of ether oxygens (including phenoxy) is 1. The second-order valence-corrected chi connectivity index (χ2v) is 6.95. The van der Waals surface area contributed by atoms with E-state index in [2.05, 4.69) is 26.3 Å². The summed E-state index contributed by atoms with van der Waals surface area (Å²) < 4.78 is 6.76. The lowest BCUT2D eigenvalue weighted by atomic mass is 10.2. The van der Waals surface area contributed by atoms with Crippen LogP contribution in [0, 0.1) is 6.92 Å². The van der Waals surface area contributed by atoms with Crippen molar-refractivity contribution < 1.29 is 14.3 Å². The number of amides is 1. The Labute approximate surface area is 175 Å². The fraction of sp³-hybridized carbons (Fsp3) is 0.143. The molecule has 0 bridgehead atoms. The number of aromatic nitrogens is 2. The number of carbonyl (C=O) groups excluding carboxylic acids is 2. The first-order valence-electron chi connectivity index (χ1n) is 8.85. The molecule has 0 radical (unpaired) electrons. The lowest BCUT2D eigenvalue weighted by Crippen LogP contribution is -2.27. The van der Waals surface area contributed by atoms with Crippen LogP contribution in [-0.2, 0) is 4.74 Å². The summed E-state index contributed by atoms with van der Waals surface area (Å²) in [6, 6.07) is 15.1. The Morgan fingerprint density at radius 1 is 1.14 bits per heavy atom. The van der Waals surface area contributed by atoms with Gasteiger partial charge in [0, 0.05) is 10.5 Å². The fourth-order valence-corrected chi connectivity index (χ4v) is 3.18. The number of hydrogen-bond donors (Lipinski definition) is 1. The maximum atomic E-state index is 12.7. The SMILES string of the molecule is CCOC(=O)c1nn(-c2ccccc2C)c(=O)cc1NC(=O)c1ccccc1Br. The first kappa shape index (κ1) is 20.5. The molecule has 0 unspecified atom stereocenters. The molecule has 0 spiro atoms. The van der Waals surface area contributed by atoms with E-state index < -0.39 is 17.4 Å². The number of carbonyl (C=O) groups is 2. The minimum absolute atomic E-state index is 0.0148. The maximum Gasteiger partial charge on any atom is 0.360 e. The van der Waals surface area contributed by atoms with Gasteiger partial charge in [-0.25, -0.2) is 4.79 Å². The Kier molecular flexibility index (Phi) is 6.23. The highest BCUT2D eigenvalue weighted by Gasteiger charge is 2.21. The zero-order chi connectivity index (χ0) is 21.0. The zero-order valence-electron chi connectivity index (χ0n) is 15.8. The number of rotatable bonds is 5. The van der Waals surface area contributed by atoms with Gasteiger partial charge in [0.25, 0.3) is 11.5 Å². The van der Waals surface area contributed by atoms with Crippen LogP contribution < -0.4 is 10.9 Å². The van der Waals surface area contributed by atoms with Crippen LogP contribution in [-0.4, -0.2) is 28.3 Å². The first-order chi connectivity index (χ1) is 13.9. The van der Waals surface area contributed by atoms with Crippen molar-refractivity contribution in [2.45, 2.75) is 13.8 Å². The third-order valence-corrected chi connectivity index (χ3v) is 4.80. The molecule has 0 saturated heterocycles. The van der Waals surface area contributed by atoms with E-state index in [1.54, 1.807) is 43.3 Å². The molecule has 1 N–H and O–H groups in total. The topological polar surface area (TPSA) is 90.3 Å². The Hall–Kier alpha value is -3.26. The van der Waals surface area contributed by atoms with E-state index in [0.29, 0.717) is 15.7 Å². The van der Waals surface area contributed by atoms with E-state index in [0.717, 1.165) is 10.2 Å². The minimum atomic E-state index is -0.739. The highest BCUT2D eigenvalue weighted by Crippen LogP contribution is 2.20. The first-order valence-corrected chi connectivity index (χ1v) is 9.65. The fourth-order valence-electron chi connectivity index (χ4n) is 2.71. The summed E-state index contributed by atoms with van der Waals surface area (Å²) in [4.78, 5) is 37.8. The van der Waals surface area contributed by atoms with Gasteiger partial charge in [-0.3, -0.25) is 9.59 Å². The molecule has 0 aliphatic carbocycles. The van der Waals surface area contributed by atoms with Crippen LogP contribution in [0.5, 0.6) is 0 Å². The Morgan fingerprint density at radius 2 is 1.83 bits per heavy atom. The number of anilines is 1. The number of esters is 1. The van der Waals surface area contributed by atoms with Crippen molar-refractivity contribution in [1.29, 1.82) is 0 Å². The van der Waals surface area contributed by atoms with Crippen LogP contribution in [0.3, 0.4) is 0 Å². The van der Waals surface area contributed by atoms with E-state index in [-0.39, 0.29) is 18.0 Å². The normalized spacial score (nSPS) is 10.4. The molecular formula is C21H18BrN3O4. The smallest absolute Gasteiger partial charge is 0.360 e. The van der Waals surface area contributed by atoms with Crippen LogP contribution in [0.1, 0.15) is 33.3 Å². The van der Waals surface area contributed by atoms with Crippen molar-refractivity contribution in [1.82, 2.24) is 9.78 Å². The molecular weight excluding hydrogens is 438 g/mol. The summed E-state index contributed by atoms with van der Waals surface area (Å²) in [6.45, 7) is 3.62. The van der Waals surface area contributed by atoms with E-state index >= 15 is 0 Å². The Bertz CT molecular complexity index is 1140. The molecule has 148 valence electrons. The molecule has 29 heavy (non-hydrogen) atoms. The highest BCUT2D eigenvalue weighted by molar-refractivity contribution is 9.10. The van der Waals surface area contributed by atoms with Gasteiger partial charge in [-0.15, -0.1) is 0 Å². The highest BCUT2D eigenvalue weighted by atomic mass is 79.9. The Balaban J connectivity index is 2.09. The van der Waals surface area contributed by atoms with Crippen molar-refractivity contribution in [2.75, 3.05) is 11.9 Å². The molecule has 1 amide bonds. The average Bonchev–Trinajstić information content (AvgIpc) is 2.69. The number of nitrogens with zero attached hydrogens (tertiary/aromatic N) is 2. The summed E-state index contributed by atoms with van der Waals surface area (Å²) in [7, 11) is 0. The second-order valence-electron chi connectivity index (χ2n) is 6.10. The predicted octanol–water partition coefficient (Wildman–Crippen LogP) is 3.73. The predicted molar refractivity (Wildman–Crippen MR) is 113 cm³/mol. The zero-order valence-corrected chi connectivity index (χ0v) is 17.4. The summed E-state index contributed by atoms with van der Waals surface area (Å²) in [5.41, 5.74) is 1.03. The van der Waals surface area contributed by atoms with E-state index in [1.807, 2.05) is 19.1 Å². The molecule has 1 aromatic heterocycles. The van der Waals surface area contributed by atoms with Crippen molar-refractivity contribution in [3.63, 3.8) is 0 Å². The lowest BCUT2D eigenvalue weighted by molar-refractivity contribution is 0.0518. The second kappa shape index (κ2) is 8.83. The summed E-state index contributed by atoms with van der Waals surface area (Å²) in [5, 5.41) is 6.79. The molecule has 3 rings (SSSR count). The molecule has 7 nitrogen and oxygen atoms in total. The third kappa shape index (κ3) is 4.43. The minimum Gasteiger partial charge on any atom is -0.461 e. The number of nitrogens with one attached hydrogen (secondary N) is 1. The van der Waals surface area contributed by atoms with Gasteiger partial charge in [-0.1, -0.05) is 30.3 Å². The monoisotopic (exact) mass is 455 g/mol. The third-order valence-electron chi connectivity index (χ3n) is 4.11. The van der Waals surface area contributed by atoms with Gasteiger partial charge >= 0.3 is 5.97 Å². The van der Waals surface area contributed by atoms with Crippen molar-refractivity contribution >= 4 is 33.5 Å². The summed E-state index contributed by atoms with van der Waals surface area (Å²) >= 11 is 3.31. The molecule has 8 heteroatoms. The van der Waals surface area contributed by atoms with Crippen LogP contribution in [0.2, 0.25) is 0 Å². The van der Waals surface area contributed by atoms with Gasteiger partial charge in [0.1, 0.15) is 0 Å². The van der Waals surface area contributed by atoms with Gasteiger partial charge in [0.2, 0.25) is 0 Å². The van der Waals surface area contributed by atoms with Crippen molar-refractivity contribution in [3.05, 3.63) is 86.2 Å². The van der Waals surface area contributed by atoms with Crippen LogP contribution in [0.25, 0.3) is 5.69 Å².